The normalized spacial score (nSPS) is 10.1. The second-order valence-corrected chi connectivity index (χ2v) is 3.71. The maximum absolute atomic E-state index is 11.9. The van der Waals surface area contributed by atoms with Crippen molar-refractivity contribution in [1.29, 1.82) is 0 Å². The van der Waals surface area contributed by atoms with Crippen LogP contribution < -0.4 is 5.73 Å². The average Bonchev–Trinajstić information content (AvgIpc) is 2.29. The lowest BCUT2D eigenvalue weighted by Gasteiger charge is -2.03. The number of pyridine rings is 1. The third-order valence-corrected chi connectivity index (χ3v) is 2.38. The van der Waals surface area contributed by atoms with Gasteiger partial charge in [0.1, 0.15) is 11.4 Å². The first kappa shape index (κ1) is 11.1. The molecule has 0 fully saturated rings. The lowest BCUT2D eigenvalue weighted by molar-refractivity contribution is 0.0989. The molecule has 1 aromatic carbocycles. The number of nitrogen functional groups attached to an aromatic ring is 1. The van der Waals surface area contributed by atoms with Gasteiger partial charge in [-0.25, -0.2) is 0 Å². The summed E-state index contributed by atoms with van der Waals surface area (Å²) in [5.41, 5.74) is 7.06. The molecule has 0 aliphatic heterocycles. The number of nitrogens with two attached hydrogens (primary N) is 1. The van der Waals surface area contributed by atoms with Crippen LogP contribution in [-0.2, 0) is 6.42 Å². The summed E-state index contributed by atoms with van der Waals surface area (Å²) in [6, 6.07) is 9.90. The van der Waals surface area contributed by atoms with E-state index in [9.17, 15) is 9.90 Å². The second-order valence-electron chi connectivity index (χ2n) is 3.71. The summed E-state index contributed by atoms with van der Waals surface area (Å²) < 4.78 is 0. The topological polar surface area (TPSA) is 76.2 Å². The number of aromatic hydroxyl groups is 1. The summed E-state index contributed by atoms with van der Waals surface area (Å²) in [6.07, 6.45) is 1.71. The van der Waals surface area contributed by atoms with Gasteiger partial charge in [-0.1, -0.05) is 12.1 Å². The van der Waals surface area contributed by atoms with Gasteiger partial charge in [-0.2, -0.15) is 0 Å². The van der Waals surface area contributed by atoms with Crippen molar-refractivity contribution >= 4 is 11.5 Å². The predicted molar refractivity (Wildman–Crippen MR) is 64.8 cm³/mol. The Morgan fingerprint density at radius 1 is 1.29 bits per heavy atom. The number of hydrogen-bond acceptors (Lipinski definition) is 4. The fraction of sp³-hybridized carbons (Fsp3) is 0.0769. The largest absolute Gasteiger partial charge is 0.508 e. The Hall–Kier alpha value is -2.36. The van der Waals surface area contributed by atoms with Crippen LogP contribution in [0.25, 0.3) is 0 Å². The highest BCUT2D eigenvalue weighted by Crippen LogP contribution is 2.15. The van der Waals surface area contributed by atoms with Crippen LogP contribution in [0.1, 0.15) is 16.1 Å². The molecule has 17 heavy (non-hydrogen) atoms. The lowest BCUT2D eigenvalue weighted by Crippen LogP contribution is -2.09. The number of aromatic nitrogens is 1. The fourth-order valence-electron chi connectivity index (χ4n) is 1.59. The van der Waals surface area contributed by atoms with Crippen LogP contribution in [-0.4, -0.2) is 15.9 Å². The molecule has 0 saturated heterocycles. The molecule has 0 amide bonds. The zero-order valence-corrected chi connectivity index (χ0v) is 9.13. The van der Waals surface area contributed by atoms with E-state index in [0.29, 0.717) is 5.69 Å². The molecule has 0 aliphatic carbocycles. The van der Waals surface area contributed by atoms with Crippen molar-refractivity contribution in [3.63, 3.8) is 0 Å². The fourth-order valence-corrected chi connectivity index (χ4v) is 1.59. The minimum Gasteiger partial charge on any atom is -0.508 e. The Morgan fingerprint density at radius 3 is 2.82 bits per heavy atom. The number of carbonyl (C=O) groups excluding carboxylic acids is 1. The monoisotopic (exact) mass is 228 g/mol. The van der Waals surface area contributed by atoms with E-state index in [2.05, 4.69) is 4.98 Å². The van der Waals surface area contributed by atoms with E-state index in [-0.39, 0.29) is 23.6 Å². The first-order valence-corrected chi connectivity index (χ1v) is 5.18. The standard InChI is InChI=1S/C13H12N2O2/c14-11-5-2-6-15-13(11)12(17)8-9-3-1-4-10(16)7-9/h1-7,16H,8,14H2. The highest BCUT2D eigenvalue weighted by Gasteiger charge is 2.11. The van der Waals surface area contributed by atoms with Crippen molar-refractivity contribution in [2.45, 2.75) is 6.42 Å². The molecular formula is C13H12N2O2. The number of anilines is 1. The van der Waals surface area contributed by atoms with Gasteiger partial charge in [0.2, 0.25) is 0 Å². The Labute approximate surface area is 98.7 Å². The molecule has 86 valence electrons. The third-order valence-electron chi connectivity index (χ3n) is 2.38. The molecule has 0 unspecified atom stereocenters. The minimum absolute atomic E-state index is 0.143. The van der Waals surface area contributed by atoms with Crippen molar-refractivity contribution < 1.29 is 9.90 Å². The zero-order valence-electron chi connectivity index (χ0n) is 9.13. The van der Waals surface area contributed by atoms with E-state index in [1.54, 1.807) is 36.4 Å². The van der Waals surface area contributed by atoms with Gasteiger partial charge in [0, 0.05) is 12.6 Å². The first-order chi connectivity index (χ1) is 8.16. The predicted octanol–water partition coefficient (Wildman–Crippen LogP) is 1.79. The van der Waals surface area contributed by atoms with Gasteiger partial charge >= 0.3 is 0 Å². The van der Waals surface area contributed by atoms with E-state index in [1.807, 2.05) is 0 Å². The first-order valence-electron chi connectivity index (χ1n) is 5.18. The van der Waals surface area contributed by atoms with E-state index < -0.39 is 0 Å². The van der Waals surface area contributed by atoms with Gasteiger partial charge in [0.15, 0.2) is 5.78 Å². The summed E-state index contributed by atoms with van der Waals surface area (Å²) in [5, 5.41) is 9.30. The molecule has 0 aliphatic rings. The van der Waals surface area contributed by atoms with Crippen LogP contribution >= 0.6 is 0 Å². The molecule has 4 heteroatoms. The van der Waals surface area contributed by atoms with Gasteiger partial charge in [-0.15, -0.1) is 0 Å². The van der Waals surface area contributed by atoms with Gasteiger partial charge in [0.05, 0.1) is 5.69 Å². The Kier molecular flexibility index (Phi) is 3.05. The number of benzene rings is 1. The number of ketones is 1. The van der Waals surface area contributed by atoms with Crippen LogP contribution in [0.3, 0.4) is 0 Å². The minimum atomic E-state index is -0.159. The molecule has 0 saturated carbocycles. The molecule has 1 heterocycles. The van der Waals surface area contributed by atoms with Crippen LogP contribution in [0.4, 0.5) is 5.69 Å². The van der Waals surface area contributed by atoms with E-state index in [4.69, 9.17) is 5.73 Å². The summed E-state index contributed by atoms with van der Waals surface area (Å²) in [7, 11) is 0. The molecule has 0 atom stereocenters. The number of Topliss-reactive ketones (excluding diaryl/α,β-unsaturated/α-hetero) is 1. The average molecular weight is 228 g/mol. The Balaban J connectivity index is 2.20. The molecule has 2 aromatic rings. The van der Waals surface area contributed by atoms with E-state index in [1.165, 1.54) is 6.20 Å². The van der Waals surface area contributed by atoms with E-state index >= 15 is 0 Å². The van der Waals surface area contributed by atoms with Gasteiger partial charge in [0.25, 0.3) is 0 Å². The van der Waals surface area contributed by atoms with Gasteiger partial charge in [-0.3, -0.25) is 9.78 Å². The van der Waals surface area contributed by atoms with Gasteiger partial charge in [-0.05, 0) is 29.8 Å². The molecular weight excluding hydrogens is 216 g/mol. The highest BCUT2D eigenvalue weighted by atomic mass is 16.3. The molecule has 2 rings (SSSR count). The molecule has 4 nitrogen and oxygen atoms in total. The van der Waals surface area contributed by atoms with Crippen LogP contribution in [0.15, 0.2) is 42.6 Å². The number of carbonyl (C=O) groups is 1. The van der Waals surface area contributed by atoms with Crippen LogP contribution in [0, 0.1) is 0 Å². The van der Waals surface area contributed by atoms with Crippen molar-refractivity contribution in [2.75, 3.05) is 5.73 Å². The Bertz CT molecular complexity index is 553. The van der Waals surface area contributed by atoms with Crippen molar-refractivity contribution in [3.05, 3.63) is 53.9 Å². The van der Waals surface area contributed by atoms with Crippen molar-refractivity contribution in [3.8, 4) is 5.75 Å². The van der Waals surface area contributed by atoms with E-state index in [0.717, 1.165) is 5.56 Å². The molecule has 0 spiro atoms. The summed E-state index contributed by atoms with van der Waals surface area (Å²) in [5.74, 6) is -0.0157. The number of phenols is 1. The van der Waals surface area contributed by atoms with Crippen molar-refractivity contribution in [2.24, 2.45) is 0 Å². The van der Waals surface area contributed by atoms with Crippen LogP contribution in [0.2, 0.25) is 0 Å². The quantitative estimate of drug-likeness (QED) is 0.785. The smallest absolute Gasteiger partial charge is 0.187 e. The summed E-state index contributed by atoms with van der Waals surface area (Å²) >= 11 is 0. The zero-order chi connectivity index (χ0) is 12.3. The maximum Gasteiger partial charge on any atom is 0.187 e. The second kappa shape index (κ2) is 4.65. The number of nitrogens with zero attached hydrogens (tertiary/aromatic N) is 1. The molecule has 3 N–H and O–H groups in total. The lowest BCUT2D eigenvalue weighted by atomic mass is 10.1. The summed E-state index contributed by atoms with van der Waals surface area (Å²) in [4.78, 5) is 15.9. The number of hydrogen-bond donors (Lipinski definition) is 2. The molecule has 0 radical (unpaired) electrons. The maximum atomic E-state index is 11.9. The van der Waals surface area contributed by atoms with Gasteiger partial charge < -0.3 is 10.8 Å². The molecule has 0 bridgehead atoms. The Morgan fingerprint density at radius 2 is 2.12 bits per heavy atom. The summed E-state index contributed by atoms with van der Waals surface area (Å²) in [6.45, 7) is 0. The highest BCUT2D eigenvalue weighted by molar-refractivity contribution is 5.99. The number of rotatable bonds is 3. The van der Waals surface area contributed by atoms with Crippen molar-refractivity contribution in [1.82, 2.24) is 4.98 Å². The van der Waals surface area contributed by atoms with Crippen LogP contribution in [0.5, 0.6) is 5.75 Å². The molecule has 1 aromatic heterocycles. The SMILES string of the molecule is Nc1cccnc1C(=O)Cc1cccc(O)c1. The third kappa shape index (κ3) is 2.60. The number of phenolic OH excluding ortho intramolecular Hbond substituents is 1.